The highest BCUT2D eigenvalue weighted by molar-refractivity contribution is 8.54. The summed E-state index contributed by atoms with van der Waals surface area (Å²) in [7, 11) is -3.14. The fourth-order valence-corrected chi connectivity index (χ4v) is 11.3. The molecule has 10 atom stereocenters. The van der Waals surface area contributed by atoms with Crippen LogP contribution in [0.15, 0.2) is 48.0 Å². The van der Waals surface area contributed by atoms with Crippen molar-refractivity contribution in [2.24, 2.45) is 0 Å². The largest absolute Gasteiger partial charge is 0.427 e. The third-order valence-corrected chi connectivity index (χ3v) is 14.5. The zero-order valence-electron chi connectivity index (χ0n) is 31.2. The summed E-state index contributed by atoms with van der Waals surface area (Å²) in [4.78, 5) is 47.2. The molecule has 59 heavy (non-hydrogen) atoms. The maximum absolute atomic E-state index is 16.8. The summed E-state index contributed by atoms with van der Waals surface area (Å²) in [6, 6.07) is 6.42. The van der Waals surface area contributed by atoms with Crippen molar-refractivity contribution in [2.45, 2.75) is 81.2 Å². The van der Waals surface area contributed by atoms with Crippen molar-refractivity contribution in [3.8, 4) is 5.75 Å². The smallest absolute Gasteiger partial charge is 0.389 e. The summed E-state index contributed by atoms with van der Waals surface area (Å²) < 4.78 is 105. The lowest BCUT2D eigenvalue weighted by atomic mass is 10.1. The molecule has 21 nitrogen and oxygen atoms in total. The second kappa shape index (κ2) is 16.6. The molecule has 0 bridgehead atoms. The first-order valence-corrected chi connectivity index (χ1v) is 23.4. The SMILES string of the molecule is B[P@]1(=O)OC[C@H]2O[C@@H](n3cnc4c(N)ncnc43)[C@H](F)[C@@H]2O[P@](=O)(SCc2ccc(OC(=O)CCCC)cc2)OC[C@H]2O[C@@H](n3cnc4c(=O)[nH]c(N)nc43)[C@H](F)[C@@H]2O1. The van der Waals surface area contributed by atoms with Crippen LogP contribution in [0.2, 0.25) is 0 Å². The number of anilines is 2. The number of rotatable bonds is 9. The van der Waals surface area contributed by atoms with Gasteiger partial charge in [0.25, 0.3) is 20.6 Å². The van der Waals surface area contributed by atoms with Crippen LogP contribution in [0.3, 0.4) is 0 Å². The molecule has 3 fully saturated rings. The van der Waals surface area contributed by atoms with Gasteiger partial charge >= 0.3 is 12.8 Å². The number of hydrogen-bond donors (Lipinski definition) is 3. The number of nitrogen functional groups attached to an aromatic ring is 2. The molecular weight excluding hydrogens is 843 g/mol. The summed E-state index contributed by atoms with van der Waals surface area (Å²) >= 11 is 0.689. The van der Waals surface area contributed by atoms with Crippen molar-refractivity contribution in [1.82, 2.24) is 39.0 Å². The van der Waals surface area contributed by atoms with Crippen LogP contribution in [-0.2, 0) is 47.2 Å². The minimum absolute atomic E-state index is 0.0224. The van der Waals surface area contributed by atoms with Gasteiger partial charge in [0.2, 0.25) is 5.95 Å². The van der Waals surface area contributed by atoms with Crippen molar-refractivity contribution in [3.63, 3.8) is 0 Å². The molecule has 3 aliphatic heterocycles. The lowest BCUT2D eigenvalue weighted by Gasteiger charge is -2.30. The predicted octanol–water partition coefficient (Wildman–Crippen LogP) is 3.29. The Kier molecular flexibility index (Phi) is 11.7. The molecule has 314 valence electrons. The summed E-state index contributed by atoms with van der Waals surface area (Å²) in [5, 5.41) is 0. The number of nitrogens with one attached hydrogen (secondary N) is 1. The van der Waals surface area contributed by atoms with Gasteiger partial charge in [-0.3, -0.25) is 37.3 Å². The lowest BCUT2D eigenvalue weighted by Crippen LogP contribution is -2.37. The summed E-state index contributed by atoms with van der Waals surface area (Å²) in [5.41, 5.74) is 11.6. The van der Waals surface area contributed by atoms with Gasteiger partial charge in [-0.2, -0.15) is 4.98 Å². The number of imidazole rings is 2. The molecule has 5 aromatic rings. The minimum Gasteiger partial charge on any atom is -0.427 e. The lowest BCUT2D eigenvalue weighted by molar-refractivity contribution is -0.134. The van der Waals surface area contributed by atoms with Crippen LogP contribution in [0, 0.1) is 0 Å². The first kappa shape index (κ1) is 41.4. The van der Waals surface area contributed by atoms with Gasteiger partial charge in [0.1, 0.15) is 42.0 Å². The van der Waals surface area contributed by atoms with E-state index < -0.39 is 82.3 Å². The number of fused-ring (bicyclic) bond motifs is 4. The molecule has 0 radical (unpaired) electrons. The van der Waals surface area contributed by atoms with Gasteiger partial charge in [-0.15, -0.1) is 0 Å². The maximum Gasteiger partial charge on any atom is 0.389 e. The number of alkyl halides is 2. The molecule has 0 amide bonds. The normalized spacial score (nSPS) is 31.4. The van der Waals surface area contributed by atoms with E-state index in [1.54, 1.807) is 24.3 Å². The fraction of sp³-hybridized carbons (Fsp3) is 0.469. The summed E-state index contributed by atoms with van der Waals surface area (Å²) in [6.45, 7) is -3.89. The number of ether oxygens (including phenoxy) is 3. The van der Waals surface area contributed by atoms with E-state index in [-0.39, 0.29) is 52.2 Å². The molecule has 3 aliphatic rings. The average Bonchev–Trinajstić information content (AvgIpc) is 3.96. The number of H-pyrrole nitrogens is 1. The van der Waals surface area contributed by atoms with E-state index in [2.05, 4.69) is 29.9 Å². The van der Waals surface area contributed by atoms with Crippen LogP contribution >= 0.6 is 25.7 Å². The molecule has 0 unspecified atom stereocenters. The maximum atomic E-state index is 16.8. The average molecular weight is 881 g/mol. The second-order valence-electron chi connectivity index (χ2n) is 13.8. The third-order valence-electron chi connectivity index (χ3n) is 9.63. The van der Waals surface area contributed by atoms with Crippen LogP contribution in [0.1, 0.15) is 44.2 Å². The first-order valence-electron chi connectivity index (χ1n) is 18.2. The van der Waals surface area contributed by atoms with Crippen LogP contribution in [0.4, 0.5) is 20.5 Å². The molecule has 1 aromatic carbocycles. The topological polar surface area (TPSA) is 275 Å². The van der Waals surface area contributed by atoms with Crippen molar-refractivity contribution >= 4 is 73.3 Å². The van der Waals surface area contributed by atoms with Gasteiger partial charge in [-0.25, -0.2) is 33.3 Å². The van der Waals surface area contributed by atoms with Crippen molar-refractivity contribution in [3.05, 3.63) is 59.2 Å². The second-order valence-corrected chi connectivity index (χ2v) is 19.9. The van der Waals surface area contributed by atoms with E-state index in [1.807, 2.05) is 6.92 Å². The van der Waals surface area contributed by atoms with E-state index in [0.29, 0.717) is 29.1 Å². The molecule has 27 heteroatoms. The highest BCUT2D eigenvalue weighted by atomic mass is 32.7. The molecule has 7 heterocycles. The van der Waals surface area contributed by atoms with Crippen LogP contribution < -0.4 is 21.8 Å². The number of carbonyl (C=O) groups is 1. The monoisotopic (exact) mass is 880 g/mol. The summed E-state index contributed by atoms with van der Waals surface area (Å²) in [6.07, 6.45) is -8.15. The first-order chi connectivity index (χ1) is 28.2. The van der Waals surface area contributed by atoms with E-state index in [9.17, 15) is 18.7 Å². The van der Waals surface area contributed by atoms with E-state index in [1.165, 1.54) is 10.9 Å². The third kappa shape index (κ3) is 8.53. The van der Waals surface area contributed by atoms with Crippen molar-refractivity contribution in [1.29, 1.82) is 0 Å². The number of esters is 1. The Morgan fingerprint density at radius 2 is 1.59 bits per heavy atom. The Morgan fingerprint density at radius 3 is 2.29 bits per heavy atom. The van der Waals surface area contributed by atoms with Crippen molar-refractivity contribution < 1.29 is 55.0 Å². The van der Waals surface area contributed by atoms with Crippen LogP contribution in [-0.4, -0.2) is 103 Å². The Hall–Kier alpha value is -4.32. The number of carbonyl (C=O) groups excluding carboxylic acids is 1. The number of aromatic amines is 1. The van der Waals surface area contributed by atoms with Gasteiger partial charge in [-0.1, -0.05) is 25.5 Å². The van der Waals surface area contributed by atoms with Crippen LogP contribution in [0.25, 0.3) is 22.3 Å². The number of aromatic nitrogens is 8. The quantitative estimate of drug-likeness (QED) is 0.0829. The molecule has 3 saturated heterocycles. The van der Waals surface area contributed by atoms with Gasteiger partial charge in [0.05, 0.1) is 25.9 Å². The Labute approximate surface area is 337 Å². The molecule has 4 aromatic heterocycles. The van der Waals surface area contributed by atoms with E-state index in [0.717, 1.165) is 31.2 Å². The zero-order chi connectivity index (χ0) is 41.6. The number of nitrogens with zero attached hydrogens (tertiary/aromatic N) is 7. The summed E-state index contributed by atoms with van der Waals surface area (Å²) in [5.74, 6) is -0.333. The number of hydrogen-bond acceptors (Lipinski definition) is 19. The molecule has 0 spiro atoms. The highest BCUT2D eigenvalue weighted by Crippen LogP contribution is 2.65. The van der Waals surface area contributed by atoms with Crippen LogP contribution in [0.5, 0.6) is 5.75 Å². The minimum atomic E-state index is -4.51. The molecule has 0 saturated carbocycles. The predicted molar refractivity (Wildman–Crippen MR) is 208 cm³/mol. The molecular formula is C32H37BF2N10O11P2S. The molecule has 5 N–H and O–H groups in total. The number of halogens is 2. The standard InChI is InChI=1S/C32H37BF2N10O11P2S/c1-2-3-4-19(46)52-16-7-5-15(6-8-16)11-59-58(49)51-10-18-24(20(34)31(54-18)45-14-41-23-28(45)42-32(37)43-29(23)47)55-57(33,48)50-9-17-25(56-58)21(35)30(53-17)44-13-40-22-26(36)38-12-39-27(22)44/h5-8,12-14,17-18,20-21,24-25,30-31H,2-4,9-11,33H2,1H3,(H2,36,38,39)(H3,37,42,43,47)/t17-,18-,20-,21-,24-,25-,30-,31-,57+,58-/m1/s1. The van der Waals surface area contributed by atoms with Gasteiger partial charge < -0.3 is 34.7 Å². The molecule has 8 rings (SSSR count). The fourth-order valence-electron chi connectivity index (χ4n) is 6.72. The van der Waals surface area contributed by atoms with E-state index >= 15 is 8.78 Å². The Balaban J connectivity index is 1.09. The highest BCUT2D eigenvalue weighted by Gasteiger charge is 2.54. The number of unbranched alkanes of at least 4 members (excludes halogenated alkanes) is 1. The Morgan fingerprint density at radius 1 is 0.949 bits per heavy atom. The van der Waals surface area contributed by atoms with Crippen molar-refractivity contribution in [2.75, 3.05) is 24.7 Å². The van der Waals surface area contributed by atoms with Gasteiger partial charge in [0, 0.05) is 12.2 Å². The molecule has 0 aliphatic carbocycles. The zero-order valence-corrected chi connectivity index (χ0v) is 33.8. The van der Waals surface area contributed by atoms with E-state index in [4.69, 9.17) is 43.8 Å². The number of nitrogens with two attached hydrogens (primary N) is 2. The van der Waals surface area contributed by atoms with Gasteiger partial charge in [0.15, 0.2) is 47.4 Å². The Bertz CT molecular complexity index is 2520. The van der Waals surface area contributed by atoms with Gasteiger partial charge in [-0.05, 0) is 35.5 Å². The number of benzene rings is 1.